The van der Waals surface area contributed by atoms with Gasteiger partial charge in [-0.1, -0.05) is 36.9 Å². The van der Waals surface area contributed by atoms with Crippen LogP contribution < -0.4 is 5.32 Å². The molecule has 0 saturated carbocycles. The highest BCUT2D eigenvalue weighted by molar-refractivity contribution is 7.26. The third-order valence-electron chi connectivity index (χ3n) is 2.66. The summed E-state index contributed by atoms with van der Waals surface area (Å²) in [5.41, 5.74) is 1.13. The molecule has 0 radical (unpaired) electrons. The van der Waals surface area contributed by atoms with Gasteiger partial charge in [-0.2, -0.15) is 0 Å². The molecule has 0 aliphatic rings. The molecular formula is C14H11NS. The fraction of sp³-hybridized carbons (Fsp3) is 0. The number of hydrogen-bond acceptors (Lipinski definition) is 2. The van der Waals surface area contributed by atoms with Gasteiger partial charge in [0.1, 0.15) is 0 Å². The van der Waals surface area contributed by atoms with E-state index in [1.807, 2.05) is 11.3 Å². The van der Waals surface area contributed by atoms with Crippen molar-refractivity contribution < 1.29 is 0 Å². The van der Waals surface area contributed by atoms with Gasteiger partial charge in [-0.05, 0) is 18.3 Å². The fourth-order valence-corrected chi connectivity index (χ4v) is 3.15. The standard InChI is InChI=1S/C14H11NS/c1-2-15-12-8-5-7-11-10-6-3-4-9-13(10)16-14(11)12/h2-9,15H,1H2. The van der Waals surface area contributed by atoms with Crippen LogP contribution in [0.4, 0.5) is 5.69 Å². The van der Waals surface area contributed by atoms with Crippen molar-refractivity contribution in [2.24, 2.45) is 0 Å². The maximum atomic E-state index is 3.71. The summed E-state index contributed by atoms with van der Waals surface area (Å²) in [6, 6.07) is 14.8. The van der Waals surface area contributed by atoms with Gasteiger partial charge in [0.25, 0.3) is 0 Å². The van der Waals surface area contributed by atoms with Crippen LogP contribution in [0.3, 0.4) is 0 Å². The second-order valence-electron chi connectivity index (χ2n) is 3.63. The Balaban J connectivity index is 2.43. The predicted molar refractivity (Wildman–Crippen MR) is 73.2 cm³/mol. The molecule has 2 heteroatoms. The van der Waals surface area contributed by atoms with Crippen LogP contribution in [0.25, 0.3) is 20.2 Å². The van der Waals surface area contributed by atoms with Crippen molar-refractivity contribution >= 4 is 37.2 Å². The second kappa shape index (κ2) is 3.65. The first-order valence-corrected chi connectivity index (χ1v) is 5.99. The highest BCUT2D eigenvalue weighted by atomic mass is 32.1. The van der Waals surface area contributed by atoms with Crippen molar-refractivity contribution in [1.29, 1.82) is 0 Å². The molecule has 0 saturated heterocycles. The van der Waals surface area contributed by atoms with E-state index < -0.39 is 0 Å². The average Bonchev–Trinajstić information content (AvgIpc) is 2.69. The summed E-state index contributed by atoms with van der Waals surface area (Å²) in [6.07, 6.45) is 1.72. The number of thiophene rings is 1. The Morgan fingerprint density at radius 3 is 2.69 bits per heavy atom. The molecule has 78 valence electrons. The van der Waals surface area contributed by atoms with Crippen molar-refractivity contribution in [1.82, 2.24) is 0 Å². The Hall–Kier alpha value is -1.80. The zero-order valence-corrected chi connectivity index (χ0v) is 9.55. The molecule has 0 spiro atoms. The minimum atomic E-state index is 1.13. The molecule has 1 N–H and O–H groups in total. The lowest BCUT2D eigenvalue weighted by atomic mass is 10.1. The molecular weight excluding hydrogens is 214 g/mol. The zero-order chi connectivity index (χ0) is 11.0. The highest BCUT2D eigenvalue weighted by Crippen LogP contribution is 2.37. The lowest BCUT2D eigenvalue weighted by Crippen LogP contribution is -1.84. The summed E-state index contributed by atoms with van der Waals surface area (Å²) in [6.45, 7) is 3.71. The van der Waals surface area contributed by atoms with E-state index in [9.17, 15) is 0 Å². The van der Waals surface area contributed by atoms with Crippen LogP contribution >= 0.6 is 11.3 Å². The minimum Gasteiger partial charge on any atom is -0.361 e. The summed E-state index contributed by atoms with van der Waals surface area (Å²) in [5, 5.41) is 5.83. The van der Waals surface area contributed by atoms with E-state index in [2.05, 4.69) is 54.4 Å². The van der Waals surface area contributed by atoms with Crippen LogP contribution in [0, 0.1) is 0 Å². The van der Waals surface area contributed by atoms with E-state index in [4.69, 9.17) is 0 Å². The lowest BCUT2D eigenvalue weighted by Gasteiger charge is -2.00. The molecule has 2 aromatic carbocycles. The third-order valence-corrected chi connectivity index (χ3v) is 3.88. The number of nitrogens with one attached hydrogen (secondary N) is 1. The quantitative estimate of drug-likeness (QED) is 0.671. The normalized spacial score (nSPS) is 10.8. The maximum Gasteiger partial charge on any atom is 0.0590 e. The third kappa shape index (κ3) is 1.31. The van der Waals surface area contributed by atoms with Gasteiger partial charge >= 0.3 is 0 Å². The Morgan fingerprint density at radius 2 is 1.81 bits per heavy atom. The van der Waals surface area contributed by atoms with Gasteiger partial charge in [-0.3, -0.25) is 0 Å². The molecule has 16 heavy (non-hydrogen) atoms. The smallest absolute Gasteiger partial charge is 0.0590 e. The van der Waals surface area contributed by atoms with Gasteiger partial charge in [-0.15, -0.1) is 11.3 Å². The van der Waals surface area contributed by atoms with Crippen molar-refractivity contribution in [3.8, 4) is 0 Å². The Kier molecular flexibility index (Phi) is 2.15. The molecule has 1 heterocycles. The van der Waals surface area contributed by atoms with Gasteiger partial charge in [0.2, 0.25) is 0 Å². The summed E-state index contributed by atoms with van der Waals surface area (Å²) in [7, 11) is 0. The van der Waals surface area contributed by atoms with Crippen LogP contribution in [-0.2, 0) is 0 Å². The number of hydrogen-bond donors (Lipinski definition) is 1. The van der Waals surface area contributed by atoms with Crippen molar-refractivity contribution in [3.05, 3.63) is 55.2 Å². The molecule has 3 rings (SSSR count). The van der Waals surface area contributed by atoms with E-state index >= 15 is 0 Å². The monoisotopic (exact) mass is 225 g/mol. The van der Waals surface area contributed by atoms with Crippen LogP contribution in [0.15, 0.2) is 55.2 Å². The van der Waals surface area contributed by atoms with E-state index in [0.29, 0.717) is 0 Å². The molecule has 1 nitrogen and oxygen atoms in total. The summed E-state index contributed by atoms with van der Waals surface area (Å²) >= 11 is 1.82. The Labute approximate surface area is 98.0 Å². The molecule has 0 fully saturated rings. The van der Waals surface area contributed by atoms with E-state index in [1.54, 1.807) is 6.20 Å². The number of fused-ring (bicyclic) bond motifs is 3. The van der Waals surface area contributed by atoms with Gasteiger partial charge in [0, 0.05) is 15.5 Å². The fourth-order valence-electron chi connectivity index (χ4n) is 1.97. The highest BCUT2D eigenvalue weighted by Gasteiger charge is 2.06. The molecule has 0 bridgehead atoms. The largest absolute Gasteiger partial charge is 0.361 e. The van der Waals surface area contributed by atoms with E-state index in [-0.39, 0.29) is 0 Å². The first-order valence-electron chi connectivity index (χ1n) is 5.18. The minimum absolute atomic E-state index is 1.13. The predicted octanol–water partition coefficient (Wildman–Crippen LogP) is 4.61. The molecule has 1 aromatic heterocycles. The maximum absolute atomic E-state index is 3.71. The van der Waals surface area contributed by atoms with Crippen LogP contribution in [0.1, 0.15) is 0 Å². The SMILES string of the molecule is C=CNc1cccc2c1sc1ccccc12. The van der Waals surface area contributed by atoms with Crippen molar-refractivity contribution in [2.75, 3.05) is 5.32 Å². The van der Waals surface area contributed by atoms with Crippen molar-refractivity contribution in [3.63, 3.8) is 0 Å². The van der Waals surface area contributed by atoms with Gasteiger partial charge < -0.3 is 5.32 Å². The molecule has 0 atom stereocenters. The average molecular weight is 225 g/mol. The summed E-state index contributed by atoms with van der Waals surface area (Å²) in [5.74, 6) is 0. The number of anilines is 1. The zero-order valence-electron chi connectivity index (χ0n) is 8.73. The molecule has 0 aliphatic heterocycles. The second-order valence-corrected chi connectivity index (χ2v) is 4.68. The first kappa shape index (κ1) is 9.43. The topological polar surface area (TPSA) is 12.0 Å². The van der Waals surface area contributed by atoms with E-state index in [0.717, 1.165) is 5.69 Å². The van der Waals surface area contributed by atoms with Crippen LogP contribution in [0.2, 0.25) is 0 Å². The van der Waals surface area contributed by atoms with Crippen LogP contribution in [-0.4, -0.2) is 0 Å². The van der Waals surface area contributed by atoms with Gasteiger partial charge in [-0.25, -0.2) is 0 Å². The van der Waals surface area contributed by atoms with Gasteiger partial charge in [0.15, 0.2) is 0 Å². The number of benzene rings is 2. The van der Waals surface area contributed by atoms with E-state index in [1.165, 1.54) is 20.2 Å². The Bertz CT molecular complexity index is 667. The van der Waals surface area contributed by atoms with Crippen molar-refractivity contribution in [2.45, 2.75) is 0 Å². The molecule has 0 amide bonds. The van der Waals surface area contributed by atoms with Crippen LogP contribution in [0.5, 0.6) is 0 Å². The summed E-state index contributed by atoms with van der Waals surface area (Å²) in [4.78, 5) is 0. The molecule has 0 unspecified atom stereocenters. The number of rotatable bonds is 2. The molecule has 0 aliphatic carbocycles. The summed E-state index contributed by atoms with van der Waals surface area (Å²) < 4.78 is 2.62. The lowest BCUT2D eigenvalue weighted by molar-refractivity contribution is 1.67. The Morgan fingerprint density at radius 1 is 1.00 bits per heavy atom. The van der Waals surface area contributed by atoms with Gasteiger partial charge in [0.05, 0.1) is 10.4 Å². The first-order chi connectivity index (χ1) is 7.90. The molecule has 3 aromatic rings.